The quantitative estimate of drug-likeness (QED) is 0.701. The first-order valence-electron chi connectivity index (χ1n) is 5.00. The van der Waals surface area contributed by atoms with Crippen molar-refractivity contribution >= 4 is 22.5 Å². The summed E-state index contributed by atoms with van der Waals surface area (Å²) < 4.78 is 0. The first-order chi connectivity index (χ1) is 7.25. The lowest BCUT2D eigenvalue weighted by Gasteiger charge is -2.05. The minimum Gasteiger partial charge on any atom is -0.361 e. The minimum atomic E-state index is -0.00786. The van der Waals surface area contributed by atoms with Crippen LogP contribution in [0.4, 0.5) is 0 Å². The maximum atomic E-state index is 5.93. The monoisotopic (exact) mass is 215 g/mol. The SMILES string of the molecule is C#CC1(c2c[nH]c3cc(Cl)ccc23)CC1. The Bertz CT molecular complexity index is 570. The molecule has 3 rings (SSSR count). The molecule has 1 fully saturated rings. The molecule has 0 unspecified atom stereocenters. The van der Waals surface area contributed by atoms with Gasteiger partial charge in [0, 0.05) is 22.1 Å². The van der Waals surface area contributed by atoms with Gasteiger partial charge in [-0.15, -0.1) is 6.42 Å². The summed E-state index contributed by atoms with van der Waals surface area (Å²) in [4.78, 5) is 3.23. The zero-order chi connectivity index (χ0) is 10.5. The minimum absolute atomic E-state index is 0.00786. The van der Waals surface area contributed by atoms with Gasteiger partial charge in [0.05, 0.1) is 5.41 Å². The second-order valence-corrected chi connectivity index (χ2v) is 4.56. The lowest BCUT2D eigenvalue weighted by Crippen LogP contribution is -2.00. The van der Waals surface area contributed by atoms with Crippen molar-refractivity contribution in [3.8, 4) is 12.3 Å². The number of nitrogens with one attached hydrogen (secondary N) is 1. The molecule has 74 valence electrons. The third kappa shape index (κ3) is 1.19. The van der Waals surface area contributed by atoms with Crippen molar-refractivity contribution in [3.63, 3.8) is 0 Å². The van der Waals surface area contributed by atoms with Crippen LogP contribution in [0.15, 0.2) is 24.4 Å². The van der Waals surface area contributed by atoms with E-state index in [1.54, 1.807) is 0 Å². The third-order valence-corrected chi connectivity index (χ3v) is 3.42. The molecular weight excluding hydrogens is 206 g/mol. The van der Waals surface area contributed by atoms with Gasteiger partial charge < -0.3 is 4.98 Å². The van der Waals surface area contributed by atoms with Crippen LogP contribution in [0.3, 0.4) is 0 Å². The Kier molecular flexibility index (Phi) is 1.66. The van der Waals surface area contributed by atoms with Gasteiger partial charge in [0.15, 0.2) is 0 Å². The van der Waals surface area contributed by atoms with Crippen molar-refractivity contribution in [2.24, 2.45) is 0 Å². The normalized spacial score (nSPS) is 17.6. The molecule has 1 saturated carbocycles. The Hall–Kier alpha value is -1.39. The highest BCUT2D eigenvalue weighted by molar-refractivity contribution is 6.31. The Morgan fingerprint density at radius 3 is 2.87 bits per heavy atom. The van der Waals surface area contributed by atoms with Crippen molar-refractivity contribution in [3.05, 3.63) is 35.0 Å². The highest BCUT2D eigenvalue weighted by atomic mass is 35.5. The molecule has 2 heteroatoms. The molecule has 15 heavy (non-hydrogen) atoms. The molecule has 1 heterocycles. The van der Waals surface area contributed by atoms with Gasteiger partial charge in [0.1, 0.15) is 0 Å². The predicted molar refractivity (Wildman–Crippen MR) is 63.1 cm³/mol. The van der Waals surface area contributed by atoms with E-state index in [0.29, 0.717) is 0 Å². The molecule has 2 aromatic rings. The van der Waals surface area contributed by atoms with Gasteiger partial charge in [0.2, 0.25) is 0 Å². The van der Waals surface area contributed by atoms with Crippen LogP contribution in [0.25, 0.3) is 10.9 Å². The Balaban J connectivity index is 2.26. The zero-order valence-electron chi connectivity index (χ0n) is 8.18. The maximum absolute atomic E-state index is 5.93. The summed E-state index contributed by atoms with van der Waals surface area (Å²) in [6, 6.07) is 5.89. The highest BCUT2D eigenvalue weighted by Gasteiger charge is 2.44. The number of rotatable bonds is 1. The van der Waals surface area contributed by atoms with Gasteiger partial charge in [-0.05, 0) is 30.5 Å². The van der Waals surface area contributed by atoms with E-state index in [9.17, 15) is 0 Å². The van der Waals surface area contributed by atoms with Gasteiger partial charge in [-0.2, -0.15) is 0 Å². The average molecular weight is 216 g/mol. The van der Waals surface area contributed by atoms with E-state index in [0.717, 1.165) is 23.4 Å². The molecule has 1 N–H and O–H groups in total. The summed E-state index contributed by atoms with van der Waals surface area (Å²) in [5.41, 5.74) is 2.31. The molecule has 0 spiro atoms. The molecule has 1 aliphatic carbocycles. The van der Waals surface area contributed by atoms with E-state index in [1.165, 1.54) is 10.9 Å². The third-order valence-electron chi connectivity index (χ3n) is 3.19. The van der Waals surface area contributed by atoms with Crippen LogP contribution in [0.5, 0.6) is 0 Å². The molecule has 0 radical (unpaired) electrons. The van der Waals surface area contributed by atoms with Crippen molar-refractivity contribution < 1.29 is 0 Å². The fraction of sp³-hybridized carbons (Fsp3) is 0.231. The fourth-order valence-corrected chi connectivity index (χ4v) is 2.28. The Morgan fingerprint density at radius 2 is 2.20 bits per heavy atom. The molecule has 1 aliphatic rings. The molecule has 1 nitrogen and oxygen atoms in total. The zero-order valence-corrected chi connectivity index (χ0v) is 8.93. The average Bonchev–Trinajstić information content (AvgIpc) is 2.93. The van der Waals surface area contributed by atoms with E-state index in [2.05, 4.69) is 10.9 Å². The van der Waals surface area contributed by atoms with Crippen LogP contribution in [-0.4, -0.2) is 4.98 Å². The Labute approximate surface area is 93.4 Å². The molecule has 1 aromatic heterocycles. The van der Waals surface area contributed by atoms with E-state index >= 15 is 0 Å². The standard InChI is InChI=1S/C13H10ClN/c1-2-13(5-6-13)11-8-15-12-7-9(14)3-4-10(11)12/h1,3-4,7-8,15H,5-6H2. The van der Waals surface area contributed by atoms with Crippen molar-refractivity contribution in [2.45, 2.75) is 18.3 Å². The van der Waals surface area contributed by atoms with Crippen LogP contribution >= 0.6 is 11.6 Å². The number of aromatic amines is 1. The number of halogens is 1. The molecular formula is C13H10ClN. The number of hydrogen-bond acceptors (Lipinski definition) is 0. The van der Waals surface area contributed by atoms with Crippen molar-refractivity contribution in [2.75, 3.05) is 0 Å². The summed E-state index contributed by atoms with van der Waals surface area (Å²) in [7, 11) is 0. The van der Waals surface area contributed by atoms with Crippen molar-refractivity contribution in [1.82, 2.24) is 4.98 Å². The van der Waals surface area contributed by atoms with E-state index < -0.39 is 0 Å². The van der Waals surface area contributed by atoms with Gasteiger partial charge in [-0.25, -0.2) is 0 Å². The van der Waals surface area contributed by atoms with E-state index in [-0.39, 0.29) is 5.41 Å². The van der Waals surface area contributed by atoms with Gasteiger partial charge in [-0.3, -0.25) is 0 Å². The fourth-order valence-electron chi connectivity index (χ4n) is 2.11. The van der Waals surface area contributed by atoms with Crippen LogP contribution < -0.4 is 0 Å². The number of hydrogen-bond donors (Lipinski definition) is 1. The summed E-state index contributed by atoms with van der Waals surface area (Å²) in [5, 5.41) is 1.95. The number of aromatic nitrogens is 1. The largest absolute Gasteiger partial charge is 0.361 e. The number of H-pyrrole nitrogens is 1. The number of terminal acetylenes is 1. The van der Waals surface area contributed by atoms with E-state index in [1.807, 2.05) is 24.4 Å². The van der Waals surface area contributed by atoms with Crippen LogP contribution in [0.2, 0.25) is 5.02 Å². The van der Waals surface area contributed by atoms with Crippen LogP contribution in [-0.2, 0) is 5.41 Å². The molecule has 1 aromatic carbocycles. The smallest absolute Gasteiger partial charge is 0.0582 e. The molecule has 0 aliphatic heterocycles. The second kappa shape index (κ2) is 2.81. The topological polar surface area (TPSA) is 15.8 Å². The van der Waals surface area contributed by atoms with Crippen LogP contribution in [0.1, 0.15) is 18.4 Å². The molecule has 0 saturated heterocycles. The Morgan fingerprint density at radius 1 is 1.40 bits per heavy atom. The number of benzene rings is 1. The predicted octanol–water partition coefficient (Wildman–Crippen LogP) is 3.49. The summed E-state index contributed by atoms with van der Waals surface area (Å²) >= 11 is 5.93. The number of fused-ring (bicyclic) bond motifs is 1. The first kappa shape index (κ1) is 8.88. The maximum Gasteiger partial charge on any atom is 0.0582 e. The van der Waals surface area contributed by atoms with Gasteiger partial charge >= 0.3 is 0 Å². The van der Waals surface area contributed by atoms with Crippen LogP contribution in [0, 0.1) is 12.3 Å². The first-order valence-corrected chi connectivity index (χ1v) is 5.38. The van der Waals surface area contributed by atoms with Crippen molar-refractivity contribution in [1.29, 1.82) is 0 Å². The molecule has 0 bridgehead atoms. The molecule has 0 atom stereocenters. The second-order valence-electron chi connectivity index (χ2n) is 4.12. The van der Waals surface area contributed by atoms with Gasteiger partial charge in [0.25, 0.3) is 0 Å². The van der Waals surface area contributed by atoms with Gasteiger partial charge in [-0.1, -0.05) is 23.6 Å². The highest BCUT2D eigenvalue weighted by Crippen LogP contribution is 2.49. The summed E-state index contributed by atoms with van der Waals surface area (Å²) in [5.74, 6) is 2.91. The summed E-state index contributed by atoms with van der Waals surface area (Å²) in [6.45, 7) is 0. The van der Waals surface area contributed by atoms with E-state index in [4.69, 9.17) is 18.0 Å². The summed E-state index contributed by atoms with van der Waals surface area (Å²) in [6.07, 6.45) is 9.81. The molecule has 0 amide bonds. The lowest BCUT2D eigenvalue weighted by molar-refractivity contribution is 0.942. The lowest BCUT2D eigenvalue weighted by atomic mass is 9.97.